The van der Waals surface area contributed by atoms with E-state index in [1.54, 1.807) is 0 Å². The number of benzene rings is 9. The minimum atomic E-state index is -0.112. The van der Waals surface area contributed by atoms with Crippen molar-refractivity contribution in [3.8, 4) is 61.3 Å². The van der Waals surface area contributed by atoms with Gasteiger partial charge in [0.05, 0.1) is 11.0 Å². The Morgan fingerprint density at radius 2 is 0.932 bits per heavy atom. The molecule has 0 atom stereocenters. The molecule has 0 spiro atoms. The molecule has 11 aromatic rings. The van der Waals surface area contributed by atoms with Crippen LogP contribution in [0.3, 0.4) is 0 Å². The second-order valence-corrected chi connectivity index (χ2v) is 16.5. The highest BCUT2D eigenvalue weighted by Gasteiger charge is 2.35. The number of aromatic nitrogens is 1. The highest BCUT2D eigenvalue weighted by atomic mass is 16.3. The lowest BCUT2D eigenvalue weighted by atomic mass is 9.81. The first-order chi connectivity index (χ1) is 29.0. The molecule has 278 valence electrons. The smallest absolute Gasteiger partial charge is 0.135 e. The van der Waals surface area contributed by atoms with Crippen LogP contribution in [-0.2, 0) is 5.41 Å². The maximum atomic E-state index is 6.33. The number of furan rings is 1. The van der Waals surface area contributed by atoms with Crippen LogP contribution in [0.5, 0.6) is 0 Å². The zero-order valence-electron chi connectivity index (χ0n) is 32.9. The van der Waals surface area contributed by atoms with Crippen LogP contribution >= 0.6 is 0 Å². The van der Waals surface area contributed by atoms with E-state index >= 15 is 0 Å². The molecule has 0 bridgehead atoms. The molecule has 1 aliphatic rings. The first-order valence-electron chi connectivity index (χ1n) is 20.5. The van der Waals surface area contributed by atoms with Gasteiger partial charge in [0.25, 0.3) is 0 Å². The van der Waals surface area contributed by atoms with Gasteiger partial charge < -0.3 is 8.98 Å². The molecule has 0 fully saturated rings. The topological polar surface area (TPSA) is 18.1 Å². The molecule has 0 radical (unpaired) electrons. The monoisotopic (exact) mass is 753 g/mol. The maximum absolute atomic E-state index is 6.33. The average molecular weight is 754 g/mol. The Morgan fingerprint density at radius 3 is 1.76 bits per heavy atom. The van der Waals surface area contributed by atoms with Crippen LogP contribution < -0.4 is 0 Å². The molecule has 9 aromatic carbocycles. The number of fused-ring (bicyclic) bond motifs is 9. The summed E-state index contributed by atoms with van der Waals surface area (Å²) < 4.78 is 8.80. The van der Waals surface area contributed by atoms with Gasteiger partial charge in [-0.3, -0.25) is 0 Å². The van der Waals surface area contributed by atoms with Gasteiger partial charge in [-0.15, -0.1) is 0 Å². The van der Waals surface area contributed by atoms with Crippen LogP contribution in [0.25, 0.3) is 105 Å². The van der Waals surface area contributed by atoms with Gasteiger partial charge in [-0.05, 0) is 121 Å². The van der Waals surface area contributed by atoms with Gasteiger partial charge in [-0.1, -0.05) is 159 Å². The Balaban J connectivity index is 1.14. The van der Waals surface area contributed by atoms with Crippen LogP contribution in [0.4, 0.5) is 0 Å². The van der Waals surface area contributed by atoms with Crippen LogP contribution in [0.1, 0.15) is 25.0 Å². The fourth-order valence-electron chi connectivity index (χ4n) is 9.93. The molecule has 0 unspecified atom stereocenters. The molecule has 0 amide bonds. The van der Waals surface area contributed by atoms with Gasteiger partial charge in [0, 0.05) is 32.6 Å². The number of nitrogens with zero attached hydrogens (tertiary/aromatic N) is 1. The van der Waals surface area contributed by atoms with Crippen molar-refractivity contribution in [1.29, 1.82) is 0 Å². The molecule has 2 nitrogen and oxygen atoms in total. The number of hydrogen-bond donors (Lipinski definition) is 0. The minimum absolute atomic E-state index is 0.112. The van der Waals surface area contributed by atoms with Crippen LogP contribution in [-0.4, -0.2) is 4.57 Å². The first kappa shape index (κ1) is 33.7. The number of rotatable bonds is 5. The van der Waals surface area contributed by atoms with Crippen molar-refractivity contribution in [2.45, 2.75) is 19.3 Å². The molecule has 0 saturated carbocycles. The molecular formula is C57H39NO. The molecule has 0 saturated heterocycles. The minimum Gasteiger partial charge on any atom is -0.456 e. The van der Waals surface area contributed by atoms with Gasteiger partial charge >= 0.3 is 0 Å². The summed E-state index contributed by atoms with van der Waals surface area (Å²) in [7, 11) is 0. The van der Waals surface area contributed by atoms with Crippen molar-refractivity contribution >= 4 is 43.7 Å². The molecule has 2 heteroatoms. The molecule has 59 heavy (non-hydrogen) atoms. The van der Waals surface area contributed by atoms with Gasteiger partial charge in [-0.2, -0.15) is 0 Å². The third-order valence-corrected chi connectivity index (χ3v) is 12.8. The summed E-state index contributed by atoms with van der Waals surface area (Å²) in [5, 5.41) is 4.71. The molecule has 0 N–H and O–H groups in total. The summed E-state index contributed by atoms with van der Waals surface area (Å²) in [6.07, 6.45) is 0. The third kappa shape index (κ3) is 5.13. The second-order valence-electron chi connectivity index (χ2n) is 16.5. The van der Waals surface area contributed by atoms with Gasteiger partial charge in [-0.25, -0.2) is 0 Å². The van der Waals surface area contributed by atoms with E-state index in [0.717, 1.165) is 33.2 Å². The Morgan fingerprint density at radius 1 is 0.339 bits per heavy atom. The first-order valence-corrected chi connectivity index (χ1v) is 20.5. The van der Waals surface area contributed by atoms with Crippen LogP contribution in [0.2, 0.25) is 0 Å². The largest absolute Gasteiger partial charge is 0.456 e. The summed E-state index contributed by atoms with van der Waals surface area (Å²) in [6, 6.07) is 73.3. The SMILES string of the molecule is CC1(C)c2ccccc2-c2ccc(-c3cc4c5ccccc5n(-c5ccc(-c6ccccc6)c(-c6ccccc6)c5)c4cc3-c3ccc4oc5ccccc5c4c3)cc21. The van der Waals surface area contributed by atoms with Gasteiger partial charge in [0.1, 0.15) is 11.2 Å². The highest BCUT2D eigenvalue weighted by molar-refractivity contribution is 6.14. The Kier molecular flexibility index (Phi) is 7.31. The molecule has 12 rings (SSSR count). The number of hydrogen-bond acceptors (Lipinski definition) is 1. The fraction of sp³-hybridized carbons (Fsp3) is 0.0526. The summed E-state index contributed by atoms with van der Waals surface area (Å²) in [6.45, 7) is 4.73. The summed E-state index contributed by atoms with van der Waals surface area (Å²) >= 11 is 0. The molecule has 2 heterocycles. The predicted molar refractivity (Wildman–Crippen MR) is 247 cm³/mol. The maximum Gasteiger partial charge on any atom is 0.135 e. The average Bonchev–Trinajstić information content (AvgIpc) is 3.91. The Labute approximate surface area is 343 Å². The van der Waals surface area contributed by atoms with Gasteiger partial charge in [0.2, 0.25) is 0 Å². The second kappa shape index (κ2) is 12.8. The Bertz CT molecular complexity index is 3460. The number of para-hydroxylation sites is 2. The van der Waals surface area contributed by atoms with Crippen molar-refractivity contribution in [1.82, 2.24) is 4.57 Å². The van der Waals surface area contributed by atoms with E-state index in [1.807, 2.05) is 6.07 Å². The summed E-state index contributed by atoms with van der Waals surface area (Å²) in [5.41, 5.74) is 20.2. The highest BCUT2D eigenvalue weighted by Crippen LogP contribution is 2.51. The van der Waals surface area contributed by atoms with Crippen molar-refractivity contribution < 1.29 is 4.42 Å². The van der Waals surface area contributed by atoms with E-state index < -0.39 is 0 Å². The normalized spacial score (nSPS) is 13.1. The molecule has 1 aliphatic carbocycles. The van der Waals surface area contributed by atoms with E-state index in [0.29, 0.717) is 0 Å². The Hall–Kier alpha value is -7.42. The predicted octanol–water partition coefficient (Wildman–Crippen LogP) is 15.7. The van der Waals surface area contributed by atoms with Gasteiger partial charge in [0.15, 0.2) is 0 Å². The summed E-state index contributed by atoms with van der Waals surface area (Å²) in [4.78, 5) is 0. The van der Waals surface area contributed by atoms with Crippen LogP contribution in [0, 0.1) is 0 Å². The lowest BCUT2D eigenvalue weighted by molar-refractivity contribution is 0.660. The molecule has 2 aromatic heterocycles. The zero-order chi connectivity index (χ0) is 39.2. The standard InChI is InChI=1S/C57H39NO/c1-57(2)51-22-12-9-19-42(51)43-28-25-39(32-52(43)57)47-34-49-44-20-10-13-23-53(44)58(40-27-29-41(36-15-5-3-6-16-36)46(33-40)37-17-7-4-8-18-37)54(49)35-48(47)38-26-30-56-50(31-38)45-21-11-14-24-55(45)59-56/h3-35H,1-2H3. The van der Waals surface area contributed by atoms with Crippen molar-refractivity contribution in [3.63, 3.8) is 0 Å². The van der Waals surface area contributed by atoms with Crippen molar-refractivity contribution in [2.24, 2.45) is 0 Å². The molecule has 0 aliphatic heterocycles. The lowest BCUT2D eigenvalue weighted by Crippen LogP contribution is -2.14. The van der Waals surface area contributed by atoms with Crippen molar-refractivity contribution in [3.05, 3.63) is 211 Å². The van der Waals surface area contributed by atoms with E-state index in [4.69, 9.17) is 4.42 Å². The fourth-order valence-corrected chi connectivity index (χ4v) is 9.93. The van der Waals surface area contributed by atoms with E-state index in [9.17, 15) is 0 Å². The zero-order valence-corrected chi connectivity index (χ0v) is 32.9. The van der Waals surface area contributed by atoms with Crippen molar-refractivity contribution in [2.75, 3.05) is 0 Å². The van der Waals surface area contributed by atoms with E-state index in [2.05, 4.69) is 213 Å². The summed E-state index contributed by atoms with van der Waals surface area (Å²) in [5.74, 6) is 0. The quantitative estimate of drug-likeness (QED) is 0.171. The van der Waals surface area contributed by atoms with E-state index in [1.165, 1.54) is 83.0 Å². The van der Waals surface area contributed by atoms with Crippen LogP contribution in [0.15, 0.2) is 205 Å². The third-order valence-electron chi connectivity index (χ3n) is 12.8. The van der Waals surface area contributed by atoms with E-state index in [-0.39, 0.29) is 5.41 Å². The molecular weight excluding hydrogens is 715 g/mol. The lowest BCUT2D eigenvalue weighted by Gasteiger charge is -2.22.